The van der Waals surface area contributed by atoms with Gasteiger partial charge in [0.05, 0.1) is 11.3 Å². The molecule has 0 saturated carbocycles. The van der Waals surface area contributed by atoms with Crippen LogP contribution in [0.4, 0.5) is 9.80 Å². The quantitative estimate of drug-likeness (QED) is 0.646. The number of carbonyl (C=O) groups excluding carboxylic acids is 4. The van der Waals surface area contributed by atoms with E-state index in [1.807, 2.05) is 0 Å². The number of aryl methyl sites for hydroxylation is 1. The van der Waals surface area contributed by atoms with Crippen LogP contribution in [0.3, 0.4) is 0 Å². The maximum Gasteiger partial charge on any atom is 0.349 e. The van der Waals surface area contributed by atoms with Crippen molar-refractivity contribution in [2.75, 3.05) is 11.9 Å². The Morgan fingerprint density at radius 1 is 1.30 bits per heavy atom. The first-order chi connectivity index (χ1) is 12.8. The Bertz CT molecular complexity index is 843. The number of hydrogen-bond acceptors (Lipinski definition) is 7. The van der Waals surface area contributed by atoms with Crippen LogP contribution in [-0.4, -0.2) is 36.5 Å². The molecule has 0 radical (unpaired) electrons. The third-order valence-corrected chi connectivity index (χ3v) is 4.44. The molecular weight excluding hydrogens is 374 g/mol. The first kappa shape index (κ1) is 20.2. The molecule has 2 rings (SSSR count). The molecule has 0 aliphatic carbocycles. The minimum absolute atomic E-state index is 0.140. The molecule has 10 heteroatoms. The predicted molar refractivity (Wildman–Crippen MR) is 97.8 cm³/mol. The maximum absolute atomic E-state index is 12.3. The third-order valence-electron chi connectivity index (χ3n) is 3.31. The van der Waals surface area contributed by atoms with Crippen molar-refractivity contribution in [1.29, 1.82) is 0 Å². The lowest BCUT2D eigenvalue weighted by Gasteiger charge is -2.12. The highest BCUT2D eigenvalue weighted by Crippen LogP contribution is 2.28. The molecule has 27 heavy (non-hydrogen) atoms. The molecule has 2 heterocycles. The SMILES string of the molecule is CCNC(=O)NC(=O)C(C)OC(=O)c1sc(NC(=O)c2ccco2)cc1C. The van der Waals surface area contributed by atoms with E-state index in [-0.39, 0.29) is 10.6 Å². The summed E-state index contributed by atoms with van der Waals surface area (Å²) in [6.45, 7) is 5.09. The number of urea groups is 1. The standard InChI is InChI=1S/C17H19N3O6S/c1-4-18-17(24)20-14(21)10(3)26-16(23)13-9(2)8-12(27-13)19-15(22)11-6-5-7-25-11/h5-8,10H,4H2,1-3H3,(H,19,22)(H2,18,20,21,24). The molecular formula is C17H19N3O6S. The molecule has 2 aromatic rings. The number of rotatable bonds is 6. The fourth-order valence-corrected chi connectivity index (χ4v) is 2.96. The van der Waals surface area contributed by atoms with Crippen LogP contribution in [0.5, 0.6) is 0 Å². The summed E-state index contributed by atoms with van der Waals surface area (Å²) in [5.74, 6) is -1.78. The summed E-state index contributed by atoms with van der Waals surface area (Å²) in [5.41, 5.74) is 0.580. The van der Waals surface area contributed by atoms with Gasteiger partial charge in [-0.3, -0.25) is 14.9 Å². The lowest BCUT2D eigenvalue weighted by atomic mass is 10.3. The minimum atomic E-state index is -1.16. The molecule has 0 aliphatic rings. The van der Waals surface area contributed by atoms with E-state index in [4.69, 9.17) is 9.15 Å². The summed E-state index contributed by atoms with van der Waals surface area (Å²) < 4.78 is 10.1. The number of furan rings is 1. The van der Waals surface area contributed by atoms with E-state index in [1.165, 1.54) is 19.3 Å². The summed E-state index contributed by atoms with van der Waals surface area (Å²) >= 11 is 1.01. The number of amides is 4. The smallest absolute Gasteiger partial charge is 0.349 e. The average Bonchev–Trinajstić information content (AvgIpc) is 3.24. The highest BCUT2D eigenvalue weighted by atomic mass is 32.1. The Morgan fingerprint density at radius 2 is 2.04 bits per heavy atom. The summed E-state index contributed by atoms with van der Waals surface area (Å²) in [6.07, 6.45) is 0.215. The van der Waals surface area contributed by atoms with Gasteiger partial charge in [-0.15, -0.1) is 11.3 Å². The zero-order valence-corrected chi connectivity index (χ0v) is 15.8. The van der Waals surface area contributed by atoms with Crippen molar-refractivity contribution in [3.8, 4) is 0 Å². The van der Waals surface area contributed by atoms with Crippen LogP contribution in [0.2, 0.25) is 0 Å². The van der Waals surface area contributed by atoms with Crippen LogP contribution in [0.25, 0.3) is 0 Å². The van der Waals surface area contributed by atoms with Crippen molar-refractivity contribution in [2.45, 2.75) is 26.9 Å². The van der Waals surface area contributed by atoms with E-state index in [0.717, 1.165) is 11.3 Å². The fourth-order valence-electron chi connectivity index (χ4n) is 2.01. The van der Waals surface area contributed by atoms with Crippen LogP contribution in [0.1, 0.15) is 39.6 Å². The molecule has 9 nitrogen and oxygen atoms in total. The van der Waals surface area contributed by atoms with Gasteiger partial charge in [0.15, 0.2) is 11.9 Å². The Kier molecular flexibility index (Phi) is 6.72. The summed E-state index contributed by atoms with van der Waals surface area (Å²) in [5, 5.41) is 7.52. The van der Waals surface area contributed by atoms with E-state index in [1.54, 1.807) is 26.0 Å². The van der Waals surface area contributed by atoms with Gasteiger partial charge in [0.2, 0.25) is 0 Å². The van der Waals surface area contributed by atoms with Crippen molar-refractivity contribution < 1.29 is 28.3 Å². The number of ether oxygens (including phenoxy) is 1. The zero-order chi connectivity index (χ0) is 20.0. The lowest BCUT2D eigenvalue weighted by molar-refractivity contribution is -0.127. The van der Waals surface area contributed by atoms with Crippen molar-refractivity contribution in [2.24, 2.45) is 0 Å². The second-order valence-electron chi connectivity index (χ2n) is 5.45. The molecule has 3 N–H and O–H groups in total. The van der Waals surface area contributed by atoms with Crippen LogP contribution in [0.15, 0.2) is 28.9 Å². The van der Waals surface area contributed by atoms with Crippen molar-refractivity contribution >= 4 is 40.2 Å². The van der Waals surface area contributed by atoms with Gasteiger partial charge in [0.25, 0.3) is 11.8 Å². The van der Waals surface area contributed by atoms with Crippen molar-refractivity contribution in [1.82, 2.24) is 10.6 Å². The molecule has 0 aromatic carbocycles. The number of nitrogens with one attached hydrogen (secondary N) is 3. The van der Waals surface area contributed by atoms with Gasteiger partial charge in [0.1, 0.15) is 4.88 Å². The van der Waals surface area contributed by atoms with Gasteiger partial charge in [-0.05, 0) is 44.5 Å². The molecule has 1 unspecified atom stereocenters. The number of hydrogen-bond donors (Lipinski definition) is 3. The van der Waals surface area contributed by atoms with Gasteiger partial charge in [0, 0.05) is 6.54 Å². The minimum Gasteiger partial charge on any atom is -0.459 e. The van der Waals surface area contributed by atoms with E-state index in [0.29, 0.717) is 17.1 Å². The number of esters is 1. The summed E-state index contributed by atoms with van der Waals surface area (Å²) in [6, 6.07) is 4.05. The Morgan fingerprint density at radius 3 is 2.67 bits per heavy atom. The molecule has 0 aliphatic heterocycles. The van der Waals surface area contributed by atoms with Crippen LogP contribution >= 0.6 is 11.3 Å². The van der Waals surface area contributed by atoms with E-state index >= 15 is 0 Å². The number of imide groups is 1. The fraction of sp³-hybridized carbons (Fsp3) is 0.294. The van der Waals surface area contributed by atoms with E-state index < -0.39 is 29.9 Å². The molecule has 0 spiro atoms. The zero-order valence-electron chi connectivity index (χ0n) is 15.0. The average molecular weight is 393 g/mol. The van der Waals surface area contributed by atoms with Crippen LogP contribution < -0.4 is 16.0 Å². The molecule has 1 atom stereocenters. The summed E-state index contributed by atoms with van der Waals surface area (Å²) in [4.78, 5) is 47.7. The van der Waals surface area contributed by atoms with Gasteiger partial charge < -0.3 is 19.8 Å². The molecule has 0 fully saturated rings. The van der Waals surface area contributed by atoms with Gasteiger partial charge in [-0.1, -0.05) is 0 Å². The second-order valence-corrected chi connectivity index (χ2v) is 6.50. The van der Waals surface area contributed by atoms with Crippen molar-refractivity contribution in [3.63, 3.8) is 0 Å². The van der Waals surface area contributed by atoms with Gasteiger partial charge in [-0.2, -0.15) is 0 Å². The van der Waals surface area contributed by atoms with Gasteiger partial charge in [-0.25, -0.2) is 9.59 Å². The monoisotopic (exact) mass is 393 g/mol. The largest absolute Gasteiger partial charge is 0.459 e. The van der Waals surface area contributed by atoms with E-state index in [9.17, 15) is 19.2 Å². The van der Waals surface area contributed by atoms with Crippen LogP contribution in [-0.2, 0) is 9.53 Å². The molecule has 144 valence electrons. The van der Waals surface area contributed by atoms with E-state index in [2.05, 4.69) is 16.0 Å². The molecule has 2 aromatic heterocycles. The highest BCUT2D eigenvalue weighted by Gasteiger charge is 2.23. The third kappa shape index (κ3) is 5.42. The van der Waals surface area contributed by atoms with Crippen LogP contribution in [0, 0.1) is 6.92 Å². The first-order valence-corrected chi connectivity index (χ1v) is 8.88. The van der Waals surface area contributed by atoms with Crippen molar-refractivity contribution in [3.05, 3.63) is 40.7 Å². The Hall–Kier alpha value is -3.14. The lowest BCUT2D eigenvalue weighted by Crippen LogP contribution is -2.44. The highest BCUT2D eigenvalue weighted by molar-refractivity contribution is 7.18. The topological polar surface area (TPSA) is 127 Å². The molecule has 4 amide bonds. The molecule has 0 saturated heterocycles. The maximum atomic E-state index is 12.3. The first-order valence-electron chi connectivity index (χ1n) is 8.06. The normalized spacial score (nSPS) is 11.4. The predicted octanol–water partition coefficient (Wildman–Crippen LogP) is 2.29. The Labute approximate surface area is 159 Å². The number of thiophene rings is 1. The number of carbonyl (C=O) groups is 4. The summed E-state index contributed by atoms with van der Waals surface area (Å²) in [7, 11) is 0. The molecule has 0 bridgehead atoms. The Balaban J connectivity index is 1.98. The number of anilines is 1. The van der Waals surface area contributed by atoms with Gasteiger partial charge >= 0.3 is 12.0 Å². The second kappa shape index (κ2) is 8.99.